The average molecular weight is 350 g/mol. The van der Waals surface area contributed by atoms with Crippen LogP contribution in [0.15, 0.2) is 18.2 Å². The fourth-order valence-corrected chi connectivity index (χ4v) is 1.81. The molecular weight excluding hydrogens is 334 g/mol. The van der Waals surface area contributed by atoms with Gasteiger partial charge in [-0.25, -0.2) is 4.39 Å². The maximum absolute atomic E-state index is 12.9. The minimum Gasteiger partial charge on any atom is -0.324 e. The Bertz CT molecular complexity index is 429. The topological polar surface area (TPSA) is 55.1 Å². The largest absolute Gasteiger partial charge is 0.324 e. The van der Waals surface area contributed by atoms with Crippen LogP contribution in [0.4, 0.5) is 10.1 Å². The van der Waals surface area contributed by atoms with Crippen LogP contribution >= 0.6 is 22.6 Å². The zero-order chi connectivity index (χ0) is 13.2. The third-order valence-electron chi connectivity index (χ3n) is 2.40. The molecule has 0 spiro atoms. The molecule has 1 aromatic carbocycles. The molecule has 0 aliphatic carbocycles. The molecule has 0 radical (unpaired) electrons. The SMILES string of the molecule is CC(C)(C)[C@H](N)C(=O)Nc1ccc(F)cc1I. The van der Waals surface area contributed by atoms with Crippen molar-refractivity contribution in [2.24, 2.45) is 11.1 Å². The van der Waals surface area contributed by atoms with Crippen LogP contribution in [0.1, 0.15) is 20.8 Å². The zero-order valence-corrected chi connectivity index (χ0v) is 12.2. The molecule has 0 aromatic heterocycles. The Balaban J connectivity index is 2.82. The van der Waals surface area contributed by atoms with Gasteiger partial charge in [0.1, 0.15) is 5.82 Å². The third-order valence-corrected chi connectivity index (χ3v) is 3.30. The minimum atomic E-state index is -0.608. The first kappa shape index (κ1) is 14.4. The Kier molecular flexibility index (Phi) is 4.48. The highest BCUT2D eigenvalue weighted by Gasteiger charge is 2.27. The second-order valence-corrected chi connectivity index (χ2v) is 6.12. The molecule has 0 saturated carbocycles. The monoisotopic (exact) mass is 350 g/mol. The van der Waals surface area contributed by atoms with Gasteiger partial charge >= 0.3 is 0 Å². The van der Waals surface area contributed by atoms with E-state index in [1.54, 1.807) is 0 Å². The van der Waals surface area contributed by atoms with Gasteiger partial charge in [0, 0.05) is 3.57 Å². The maximum Gasteiger partial charge on any atom is 0.241 e. The van der Waals surface area contributed by atoms with Gasteiger partial charge in [0.2, 0.25) is 5.91 Å². The molecule has 0 fully saturated rings. The smallest absolute Gasteiger partial charge is 0.241 e. The van der Waals surface area contributed by atoms with Gasteiger partial charge in [-0.2, -0.15) is 0 Å². The van der Waals surface area contributed by atoms with Gasteiger partial charge < -0.3 is 11.1 Å². The molecular formula is C12H16FIN2O. The van der Waals surface area contributed by atoms with E-state index < -0.39 is 6.04 Å². The Morgan fingerprint density at radius 1 is 1.47 bits per heavy atom. The number of rotatable bonds is 2. The van der Waals surface area contributed by atoms with E-state index in [0.29, 0.717) is 9.26 Å². The van der Waals surface area contributed by atoms with E-state index in [0.717, 1.165) is 0 Å². The van der Waals surface area contributed by atoms with Crippen molar-refractivity contribution in [3.05, 3.63) is 27.6 Å². The van der Waals surface area contributed by atoms with Crippen LogP contribution < -0.4 is 11.1 Å². The van der Waals surface area contributed by atoms with Crippen LogP contribution in [0.3, 0.4) is 0 Å². The quantitative estimate of drug-likeness (QED) is 0.806. The van der Waals surface area contributed by atoms with Gasteiger partial charge in [0.05, 0.1) is 11.7 Å². The van der Waals surface area contributed by atoms with Crippen molar-refractivity contribution in [3.63, 3.8) is 0 Å². The first-order chi connectivity index (χ1) is 7.71. The van der Waals surface area contributed by atoms with E-state index in [9.17, 15) is 9.18 Å². The van der Waals surface area contributed by atoms with Crippen LogP contribution in [0.2, 0.25) is 0 Å². The summed E-state index contributed by atoms with van der Waals surface area (Å²) in [4.78, 5) is 11.9. The van der Waals surface area contributed by atoms with Gasteiger partial charge in [-0.05, 0) is 46.2 Å². The number of carbonyl (C=O) groups excluding carboxylic acids is 1. The molecule has 5 heteroatoms. The number of hydrogen-bond acceptors (Lipinski definition) is 2. The fraction of sp³-hybridized carbons (Fsp3) is 0.417. The highest BCUT2D eigenvalue weighted by atomic mass is 127. The van der Waals surface area contributed by atoms with Gasteiger partial charge in [-0.15, -0.1) is 0 Å². The maximum atomic E-state index is 12.9. The molecule has 0 heterocycles. The first-order valence-electron chi connectivity index (χ1n) is 5.23. The number of carbonyl (C=O) groups is 1. The summed E-state index contributed by atoms with van der Waals surface area (Å²) in [7, 11) is 0. The summed E-state index contributed by atoms with van der Waals surface area (Å²) in [6.07, 6.45) is 0. The van der Waals surface area contributed by atoms with E-state index >= 15 is 0 Å². The number of benzene rings is 1. The first-order valence-corrected chi connectivity index (χ1v) is 6.31. The number of hydrogen-bond donors (Lipinski definition) is 2. The van der Waals surface area contributed by atoms with Crippen molar-refractivity contribution in [2.75, 3.05) is 5.32 Å². The summed E-state index contributed by atoms with van der Waals surface area (Å²) in [6, 6.07) is 3.59. The molecule has 3 N–H and O–H groups in total. The lowest BCUT2D eigenvalue weighted by Gasteiger charge is -2.26. The molecule has 1 amide bonds. The second kappa shape index (κ2) is 5.30. The number of nitrogens with one attached hydrogen (secondary N) is 1. The lowest BCUT2D eigenvalue weighted by molar-refractivity contribution is -0.119. The van der Waals surface area contributed by atoms with Gasteiger partial charge in [0.15, 0.2) is 0 Å². The standard InChI is InChI=1S/C12H16FIN2O/c1-12(2,3)10(15)11(17)16-9-5-4-7(13)6-8(9)14/h4-6,10H,15H2,1-3H3,(H,16,17)/t10-/m1/s1. The summed E-state index contributed by atoms with van der Waals surface area (Å²) in [5, 5.41) is 2.71. The van der Waals surface area contributed by atoms with Crippen molar-refractivity contribution in [1.82, 2.24) is 0 Å². The van der Waals surface area contributed by atoms with Crippen molar-refractivity contribution < 1.29 is 9.18 Å². The minimum absolute atomic E-state index is 0.262. The van der Waals surface area contributed by atoms with Crippen LogP contribution in [0, 0.1) is 14.8 Å². The van der Waals surface area contributed by atoms with E-state index in [4.69, 9.17) is 5.73 Å². The normalized spacial score (nSPS) is 13.3. The van der Waals surface area contributed by atoms with Crippen LogP contribution in [-0.2, 0) is 4.79 Å². The highest BCUT2D eigenvalue weighted by molar-refractivity contribution is 14.1. The molecule has 0 unspecified atom stereocenters. The highest BCUT2D eigenvalue weighted by Crippen LogP contribution is 2.22. The van der Waals surface area contributed by atoms with Crippen LogP contribution in [0.25, 0.3) is 0 Å². The summed E-state index contributed by atoms with van der Waals surface area (Å²) in [5.74, 6) is -0.588. The second-order valence-electron chi connectivity index (χ2n) is 4.96. The summed E-state index contributed by atoms with van der Waals surface area (Å²) >= 11 is 1.97. The van der Waals surface area contributed by atoms with Gasteiger partial charge in [-0.3, -0.25) is 4.79 Å². The van der Waals surface area contributed by atoms with E-state index in [-0.39, 0.29) is 17.1 Å². The molecule has 3 nitrogen and oxygen atoms in total. The molecule has 0 saturated heterocycles. The molecule has 0 aliphatic heterocycles. The Morgan fingerprint density at radius 2 is 2.06 bits per heavy atom. The molecule has 0 aliphatic rings. The summed E-state index contributed by atoms with van der Waals surface area (Å²) in [6.45, 7) is 5.69. The van der Waals surface area contributed by atoms with E-state index in [1.165, 1.54) is 18.2 Å². The fourth-order valence-electron chi connectivity index (χ4n) is 1.19. The van der Waals surface area contributed by atoms with Gasteiger partial charge in [0.25, 0.3) is 0 Å². The lowest BCUT2D eigenvalue weighted by atomic mass is 9.87. The molecule has 0 bridgehead atoms. The summed E-state index contributed by atoms with van der Waals surface area (Å²) in [5.41, 5.74) is 6.10. The third kappa shape index (κ3) is 3.92. The van der Waals surface area contributed by atoms with E-state index in [2.05, 4.69) is 5.32 Å². The predicted molar refractivity (Wildman–Crippen MR) is 75.2 cm³/mol. The Hall–Kier alpha value is -0.690. The number of halogens is 2. The average Bonchev–Trinajstić information content (AvgIpc) is 2.19. The number of amides is 1. The summed E-state index contributed by atoms with van der Waals surface area (Å²) < 4.78 is 13.5. The Labute approximate surface area is 114 Å². The van der Waals surface area contributed by atoms with Crippen LogP contribution in [0.5, 0.6) is 0 Å². The predicted octanol–water partition coefficient (Wildman–Crippen LogP) is 2.74. The molecule has 1 rings (SSSR count). The van der Waals surface area contributed by atoms with Gasteiger partial charge in [-0.1, -0.05) is 20.8 Å². The molecule has 94 valence electrons. The molecule has 1 aromatic rings. The Morgan fingerprint density at radius 3 is 2.53 bits per heavy atom. The van der Waals surface area contributed by atoms with Crippen LogP contribution in [-0.4, -0.2) is 11.9 Å². The molecule has 17 heavy (non-hydrogen) atoms. The number of anilines is 1. The van der Waals surface area contributed by atoms with Crippen molar-refractivity contribution in [2.45, 2.75) is 26.8 Å². The zero-order valence-electron chi connectivity index (χ0n) is 10.1. The lowest BCUT2D eigenvalue weighted by Crippen LogP contribution is -2.45. The molecule has 1 atom stereocenters. The van der Waals surface area contributed by atoms with Crippen molar-refractivity contribution in [1.29, 1.82) is 0 Å². The number of nitrogens with two attached hydrogens (primary N) is 1. The van der Waals surface area contributed by atoms with E-state index in [1.807, 2.05) is 43.4 Å². The van der Waals surface area contributed by atoms with Crippen molar-refractivity contribution >= 4 is 34.2 Å². The van der Waals surface area contributed by atoms with Crippen molar-refractivity contribution in [3.8, 4) is 0 Å².